The summed E-state index contributed by atoms with van der Waals surface area (Å²) in [4.78, 5) is 19.2. The number of aromatic nitrogens is 2. The van der Waals surface area contributed by atoms with Gasteiger partial charge in [0.15, 0.2) is 0 Å². The lowest BCUT2D eigenvalue weighted by Crippen LogP contribution is -2.51. The van der Waals surface area contributed by atoms with Crippen molar-refractivity contribution in [2.45, 2.75) is 50.7 Å². The molecule has 0 aromatic carbocycles. The molecule has 1 aromatic rings. The molecule has 0 spiro atoms. The van der Waals surface area contributed by atoms with Crippen LogP contribution in [0.15, 0.2) is 12.4 Å². The van der Waals surface area contributed by atoms with Crippen LogP contribution in [0.2, 0.25) is 0 Å². The number of nitrogens with zero attached hydrogens (tertiary/aromatic N) is 3. The highest BCUT2D eigenvalue weighted by Crippen LogP contribution is 2.31. The quantitative estimate of drug-likeness (QED) is 0.905. The number of ether oxygens (including phenoxy) is 1. The van der Waals surface area contributed by atoms with Crippen LogP contribution in [-0.4, -0.2) is 59.2 Å². The molecule has 1 saturated carbocycles. The molecular formula is C18H28N4O2. The Morgan fingerprint density at radius 2 is 2.12 bits per heavy atom. The molecule has 6 nitrogen and oxygen atoms in total. The van der Waals surface area contributed by atoms with E-state index in [0.717, 1.165) is 44.9 Å². The van der Waals surface area contributed by atoms with E-state index >= 15 is 0 Å². The van der Waals surface area contributed by atoms with E-state index < -0.39 is 0 Å². The molecule has 1 aromatic heterocycles. The minimum atomic E-state index is -0.295. The van der Waals surface area contributed by atoms with E-state index in [4.69, 9.17) is 4.74 Å². The fraction of sp³-hybridized carbons (Fsp3) is 0.778. The van der Waals surface area contributed by atoms with Gasteiger partial charge in [0.1, 0.15) is 11.9 Å². The minimum Gasteiger partial charge on any atom is -0.366 e. The van der Waals surface area contributed by atoms with Gasteiger partial charge in [-0.25, -0.2) is 4.98 Å². The summed E-state index contributed by atoms with van der Waals surface area (Å²) in [7, 11) is 0. The Hall–Kier alpha value is -1.40. The zero-order valence-electron chi connectivity index (χ0n) is 14.3. The first-order valence-electron chi connectivity index (χ1n) is 9.43. The lowest BCUT2D eigenvalue weighted by molar-refractivity contribution is -0.146. The fourth-order valence-corrected chi connectivity index (χ4v) is 4.07. The van der Waals surface area contributed by atoms with Crippen LogP contribution in [-0.2, 0) is 16.1 Å². The standard InChI is InChI=1S/C18H28N4O2/c23-18(16-12-19-7-11-24-16)21-8-4-15(5-9-21)17-20-6-10-22(17)13-14-2-1-3-14/h6,10,14-16,19H,1-5,7-9,11-13H2. The third-order valence-corrected chi connectivity index (χ3v) is 5.80. The molecule has 132 valence electrons. The molecule has 1 N–H and O–H groups in total. The van der Waals surface area contributed by atoms with Crippen LogP contribution in [0.3, 0.4) is 0 Å². The summed E-state index contributed by atoms with van der Waals surface area (Å²) < 4.78 is 7.96. The van der Waals surface area contributed by atoms with Crippen LogP contribution in [0, 0.1) is 5.92 Å². The van der Waals surface area contributed by atoms with Gasteiger partial charge < -0.3 is 19.5 Å². The first-order chi connectivity index (χ1) is 11.8. The van der Waals surface area contributed by atoms with Gasteiger partial charge in [0, 0.05) is 51.0 Å². The van der Waals surface area contributed by atoms with Gasteiger partial charge >= 0.3 is 0 Å². The zero-order valence-corrected chi connectivity index (χ0v) is 14.3. The molecule has 1 aliphatic carbocycles. The molecule has 6 heteroatoms. The summed E-state index contributed by atoms with van der Waals surface area (Å²) in [6.45, 7) is 4.88. The summed E-state index contributed by atoms with van der Waals surface area (Å²) in [5, 5.41) is 3.24. The number of carbonyl (C=O) groups is 1. The number of hydrogen-bond donors (Lipinski definition) is 1. The molecule has 1 amide bonds. The fourth-order valence-electron chi connectivity index (χ4n) is 4.07. The number of hydrogen-bond acceptors (Lipinski definition) is 4. The topological polar surface area (TPSA) is 59.4 Å². The van der Waals surface area contributed by atoms with Crippen molar-refractivity contribution in [1.29, 1.82) is 0 Å². The van der Waals surface area contributed by atoms with Gasteiger partial charge in [0.2, 0.25) is 0 Å². The highest BCUT2D eigenvalue weighted by Gasteiger charge is 2.31. The second-order valence-corrected chi connectivity index (χ2v) is 7.40. The van der Waals surface area contributed by atoms with Crippen LogP contribution in [0.4, 0.5) is 0 Å². The Kier molecular flexibility index (Phi) is 4.85. The highest BCUT2D eigenvalue weighted by atomic mass is 16.5. The lowest BCUT2D eigenvalue weighted by Gasteiger charge is -2.35. The number of nitrogens with one attached hydrogen (secondary N) is 1. The van der Waals surface area contributed by atoms with Gasteiger partial charge in [0.25, 0.3) is 5.91 Å². The van der Waals surface area contributed by atoms with Gasteiger partial charge in [-0.1, -0.05) is 6.42 Å². The van der Waals surface area contributed by atoms with E-state index in [1.807, 2.05) is 11.1 Å². The van der Waals surface area contributed by atoms with Crippen molar-refractivity contribution in [1.82, 2.24) is 19.8 Å². The van der Waals surface area contributed by atoms with Crippen LogP contribution >= 0.6 is 0 Å². The number of rotatable bonds is 4. The zero-order chi connectivity index (χ0) is 16.4. The molecule has 1 unspecified atom stereocenters. The molecule has 3 aliphatic rings. The van der Waals surface area contributed by atoms with Gasteiger partial charge in [-0.05, 0) is 31.6 Å². The van der Waals surface area contributed by atoms with Crippen molar-refractivity contribution in [2.24, 2.45) is 5.92 Å². The van der Waals surface area contributed by atoms with Crippen LogP contribution in [0.1, 0.15) is 43.8 Å². The van der Waals surface area contributed by atoms with Crippen molar-refractivity contribution in [3.63, 3.8) is 0 Å². The molecular weight excluding hydrogens is 304 g/mol. The Balaban J connectivity index is 1.32. The van der Waals surface area contributed by atoms with Crippen molar-refractivity contribution in [2.75, 3.05) is 32.8 Å². The Labute approximate surface area is 143 Å². The van der Waals surface area contributed by atoms with Crippen LogP contribution in [0.25, 0.3) is 0 Å². The second-order valence-electron chi connectivity index (χ2n) is 7.40. The molecule has 4 rings (SSSR count). The number of piperidine rings is 1. The molecule has 0 bridgehead atoms. The summed E-state index contributed by atoms with van der Waals surface area (Å²) in [6, 6.07) is 0. The normalized spacial score (nSPS) is 26.3. The minimum absolute atomic E-state index is 0.151. The summed E-state index contributed by atoms with van der Waals surface area (Å²) >= 11 is 0. The average Bonchev–Trinajstić information content (AvgIpc) is 3.07. The van der Waals surface area contributed by atoms with Gasteiger partial charge in [-0.15, -0.1) is 0 Å². The number of carbonyl (C=O) groups excluding carboxylic acids is 1. The number of amides is 1. The van der Waals surface area contributed by atoms with E-state index in [1.54, 1.807) is 0 Å². The van der Waals surface area contributed by atoms with Gasteiger partial charge in [-0.3, -0.25) is 4.79 Å². The third-order valence-electron chi connectivity index (χ3n) is 5.80. The summed E-state index contributed by atoms with van der Waals surface area (Å²) in [6.07, 6.45) is 9.89. The average molecular weight is 332 g/mol. The Morgan fingerprint density at radius 1 is 1.29 bits per heavy atom. The van der Waals surface area contributed by atoms with E-state index in [0.29, 0.717) is 19.1 Å². The molecule has 3 fully saturated rings. The summed E-state index contributed by atoms with van der Waals surface area (Å²) in [5.41, 5.74) is 0. The molecule has 3 heterocycles. The third kappa shape index (κ3) is 3.35. The number of likely N-dealkylation sites (tertiary alicyclic amines) is 1. The highest BCUT2D eigenvalue weighted by molar-refractivity contribution is 5.81. The first kappa shape index (κ1) is 16.1. The van der Waals surface area contributed by atoms with Gasteiger partial charge in [-0.2, -0.15) is 0 Å². The van der Waals surface area contributed by atoms with Crippen molar-refractivity contribution in [3.05, 3.63) is 18.2 Å². The molecule has 2 saturated heterocycles. The smallest absolute Gasteiger partial charge is 0.253 e. The largest absolute Gasteiger partial charge is 0.366 e. The SMILES string of the molecule is O=C(C1CNCCO1)N1CCC(c2nccn2CC2CCC2)CC1. The predicted molar refractivity (Wildman–Crippen MR) is 90.7 cm³/mol. The van der Waals surface area contributed by atoms with Crippen molar-refractivity contribution in [3.8, 4) is 0 Å². The lowest BCUT2D eigenvalue weighted by atomic mass is 9.85. The van der Waals surface area contributed by atoms with E-state index in [-0.39, 0.29) is 12.0 Å². The monoisotopic (exact) mass is 332 g/mol. The van der Waals surface area contributed by atoms with Crippen molar-refractivity contribution < 1.29 is 9.53 Å². The Bertz CT molecular complexity index is 555. The Morgan fingerprint density at radius 3 is 2.79 bits per heavy atom. The summed E-state index contributed by atoms with van der Waals surface area (Å²) in [5.74, 6) is 2.70. The maximum atomic E-state index is 12.5. The molecule has 1 atom stereocenters. The first-order valence-corrected chi connectivity index (χ1v) is 9.43. The second kappa shape index (κ2) is 7.23. The number of morpholine rings is 1. The maximum absolute atomic E-state index is 12.5. The molecule has 2 aliphatic heterocycles. The van der Waals surface area contributed by atoms with Gasteiger partial charge in [0.05, 0.1) is 6.61 Å². The molecule has 0 radical (unpaired) electrons. The van der Waals surface area contributed by atoms with E-state index in [1.165, 1.54) is 25.1 Å². The predicted octanol–water partition coefficient (Wildman–Crippen LogP) is 1.38. The van der Waals surface area contributed by atoms with Crippen molar-refractivity contribution >= 4 is 5.91 Å². The van der Waals surface area contributed by atoms with Crippen LogP contribution < -0.4 is 5.32 Å². The van der Waals surface area contributed by atoms with E-state index in [2.05, 4.69) is 21.1 Å². The molecule has 24 heavy (non-hydrogen) atoms. The maximum Gasteiger partial charge on any atom is 0.253 e. The van der Waals surface area contributed by atoms with E-state index in [9.17, 15) is 4.79 Å². The van der Waals surface area contributed by atoms with Crippen LogP contribution in [0.5, 0.6) is 0 Å². The number of imidazole rings is 1.